The highest BCUT2D eigenvalue weighted by atomic mass is 79.9. The molecule has 1 heterocycles. The van der Waals surface area contributed by atoms with Crippen molar-refractivity contribution in [1.29, 1.82) is 0 Å². The van der Waals surface area contributed by atoms with E-state index in [0.29, 0.717) is 0 Å². The van der Waals surface area contributed by atoms with E-state index >= 15 is 0 Å². The average molecular weight is 322 g/mol. The lowest BCUT2D eigenvalue weighted by atomic mass is 9.94. The summed E-state index contributed by atoms with van der Waals surface area (Å²) in [5.74, 6) is 0.634. The maximum Gasteiger partial charge on any atom is 0.119 e. The van der Waals surface area contributed by atoms with Gasteiger partial charge >= 0.3 is 0 Å². The topological polar surface area (TPSA) is 42.4 Å². The Kier molecular flexibility index (Phi) is 4.56. The predicted octanol–water partition coefficient (Wildman–Crippen LogP) is 3.69. The van der Waals surface area contributed by atoms with Crippen LogP contribution >= 0.6 is 15.9 Å². The Morgan fingerprint density at radius 3 is 2.68 bits per heavy atom. The Hall–Kier alpha value is -1.39. The summed E-state index contributed by atoms with van der Waals surface area (Å²) in [6.45, 7) is 1.96. The molecule has 2 atom stereocenters. The predicted molar refractivity (Wildman–Crippen MR) is 78.3 cm³/mol. The summed E-state index contributed by atoms with van der Waals surface area (Å²) in [5, 5.41) is 10.5. The van der Waals surface area contributed by atoms with Gasteiger partial charge in [-0.15, -0.1) is 0 Å². The Morgan fingerprint density at radius 1 is 1.26 bits per heavy atom. The van der Waals surface area contributed by atoms with Crippen LogP contribution in [0.15, 0.2) is 47.1 Å². The van der Waals surface area contributed by atoms with Crippen molar-refractivity contribution >= 4 is 15.9 Å². The quantitative estimate of drug-likeness (QED) is 0.933. The molecular formula is C15H16BrNO2. The molecule has 2 rings (SSSR count). The van der Waals surface area contributed by atoms with E-state index in [-0.39, 0.29) is 5.92 Å². The van der Waals surface area contributed by atoms with Gasteiger partial charge in [-0.3, -0.25) is 4.98 Å². The standard InChI is InChI=1S/C15H16BrNO2/c1-10(14-5-3-4-8-17-14)15(18)12-9-11(19-2)6-7-13(12)16/h3-10,15,18H,1-2H3. The summed E-state index contributed by atoms with van der Waals surface area (Å²) < 4.78 is 6.06. The van der Waals surface area contributed by atoms with Crippen LogP contribution in [0.4, 0.5) is 0 Å². The van der Waals surface area contributed by atoms with Crippen LogP contribution in [0.25, 0.3) is 0 Å². The van der Waals surface area contributed by atoms with E-state index in [0.717, 1.165) is 21.5 Å². The minimum absolute atomic E-state index is 0.0930. The minimum Gasteiger partial charge on any atom is -0.497 e. The number of methoxy groups -OCH3 is 1. The number of aromatic nitrogens is 1. The highest BCUT2D eigenvalue weighted by molar-refractivity contribution is 9.10. The van der Waals surface area contributed by atoms with Crippen molar-refractivity contribution in [2.45, 2.75) is 18.9 Å². The second-order valence-corrected chi connectivity index (χ2v) is 5.23. The van der Waals surface area contributed by atoms with Crippen LogP contribution in [0.2, 0.25) is 0 Å². The highest BCUT2D eigenvalue weighted by Gasteiger charge is 2.21. The van der Waals surface area contributed by atoms with Crippen LogP contribution in [-0.2, 0) is 0 Å². The fourth-order valence-corrected chi connectivity index (χ4v) is 2.43. The molecule has 0 fully saturated rings. The molecule has 0 radical (unpaired) electrons. The first-order valence-electron chi connectivity index (χ1n) is 6.06. The minimum atomic E-state index is -0.639. The van der Waals surface area contributed by atoms with Gasteiger partial charge in [-0.05, 0) is 35.9 Å². The lowest BCUT2D eigenvalue weighted by molar-refractivity contribution is 0.149. The second kappa shape index (κ2) is 6.17. The molecule has 0 aliphatic rings. The number of aliphatic hydroxyl groups is 1. The number of nitrogens with zero attached hydrogens (tertiary/aromatic N) is 1. The van der Waals surface area contributed by atoms with Crippen LogP contribution < -0.4 is 4.74 Å². The number of rotatable bonds is 4. The normalized spacial score (nSPS) is 13.9. The molecule has 3 nitrogen and oxygen atoms in total. The van der Waals surface area contributed by atoms with Gasteiger partial charge in [-0.2, -0.15) is 0 Å². The third-order valence-electron chi connectivity index (χ3n) is 3.15. The van der Waals surface area contributed by atoms with Crippen LogP contribution in [0.3, 0.4) is 0 Å². The Labute approximate surface area is 121 Å². The van der Waals surface area contributed by atoms with E-state index in [1.54, 1.807) is 13.3 Å². The van der Waals surface area contributed by atoms with E-state index in [1.807, 2.05) is 43.3 Å². The first-order chi connectivity index (χ1) is 9.13. The van der Waals surface area contributed by atoms with Crippen LogP contribution in [0.1, 0.15) is 30.2 Å². The molecular weight excluding hydrogens is 306 g/mol. The summed E-state index contributed by atoms with van der Waals surface area (Å²) in [6.07, 6.45) is 1.10. The first-order valence-corrected chi connectivity index (χ1v) is 6.85. The van der Waals surface area contributed by atoms with Gasteiger partial charge in [0.05, 0.1) is 13.2 Å². The molecule has 0 amide bonds. The third-order valence-corrected chi connectivity index (χ3v) is 3.87. The SMILES string of the molecule is COc1ccc(Br)c(C(O)C(C)c2ccccn2)c1. The first kappa shape index (κ1) is 14.0. The van der Waals surface area contributed by atoms with E-state index in [4.69, 9.17) is 4.74 Å². The average Bonchev–Trinajstić information content (AvgIpc) is 2.47. The van der Waals surface area contributed by atoms with Gasteiger partial charge in [-0.1, -0.05) is 28.9 Å². The van der Waals surface area contributed by atoms with Crippen molar-refractivity contribution in [3.05, 3.63) is 58.3 Å². The van der Waals surface area contributed by atoms with Crippen molar-refractivity contribution in [2.24, 2.45) is 0 Å². The summed E-state index contributed by atoms with van der Waals surface area (Å²) >= 11 is 3.47. The number of benzene rings is 1. The molecule has 1 aromatic heterocycles. The molecule has 0 aliphatic carbocycles. The van der Waals surface area contributed by atoms with Crippen molar-refractivity contribution in [3.63, 3.8) is 0 Å². The maximum atomic E-state index is 10.5. The summed E-state index contributed by atoms with van der Waals surface area (Å²) in [5.41, 5.74) is 1.67. The maximum absolute atomic E-state index is 10.5. The van der Waals surface area contributed by atoms with E-state index in [1.165, 1.54) is 0 Å². The van der Waals surface area contributed by atoms with Gasteiger partial charge in [0.2, 0.25) is 0 Å². The number of pyridine rings is 1. The number of halogens is 1. The smallest absolute Gasteiger partial charge is 0.119 e. The Bertz CT molecular complexity index is 545. The number of hydrogen-bond donors (Lipinski definition) is 1. The molecule has 1 aromatic carbocycles. The molecule has 4 heteroatoms. The van der Waals surface area contributed by atoms with Crippen molar-refractivity contribution in [3.8, 4) is 5.75 Å². The Morgan fingerprint density at radius 2 is 2.05 bits per heavy atom. The van der Waals surface area contributed by atoms with Gasteiger partial charge < -0.3 is 9.84 Å². The summed E-state index contributed by atoms with van der Waals surface area (Å²) in [7, 11) is 1.61. The zero-order valence-electron chi connectivity index (χ0n) is 10.9. The lowest BCUT2D eigenvalue weighted by Crippen LogP contribution is -2.10. The van der Waals surface area contributed by atoms with Gasteiger partial charge in [0.15, 0.2) is 0 Å². The number of ether oxygens (including phenoxy) is 1. The molecule has 2 aromatic rings. The molecule has 19 heavy (non-hydrogen) atoms. The summed E-state index contributed by atoms with van der Waals surface area (Å²) in [6, 6.07) is 11.3. The van der Waals surface area contributed by atoms with Crippen LogP contribution in [0, 0.1) is 0 Å². The molecule has 0 saturated heterocycles. The molecule has 0 saturated carbocycles. The number of aliphatic hydroxyl groups excluding tert-OH is 1. The van der Waals surface area contributed by atoms with E-state index in [2.05, 4.69) is 20.9 Å². The van der Waals surface area contributed by atoms with Crippen molar-refractivity contribution < 1.29 is 9.84 Å². The third kappa shape index (κ3) is 3.14. The lowest BCUT2D eigenvalue weighted by Gasteiger charge is -2.20. The molecule has 0 aliphatic heterocycles. The molecule has 1 N–H and O–H groups in total. The van der Waals surface area contributed by atoms with Gasteiger partial charge in [0.25, 0.3) is 0 Å². The van der Waals surface area contributed by atoms with Crippen LogP contribution in [-0.4, -0.2) is 17.2 Å². The molecule has 0 spiro atoms. The fraction of sp³-hybridized carbons (Fsp3) is 0.267. The van der Waals surface area contributed by atoms with E-state index < -0.39 is 6.10 Å². The molecule has 100 valence electrons. The largest absolute Gasteiger partial charge is 0.497 e. The Balaban J connectivity index is 2.31. The van der Waals surface area contributed by atoms with Gasteiger partial charge in [0, 0.05) is 22.3 Å². The van der Waals surface area contributed by atoms with Crippen LogP contribution in [0.5, 0.6) is 5.75 Å². The zero-order chi connectivity index (χ0) is 13.8. The summed E-state index contributed by atoms with van der Waals surface area (Å²) in [4.78, 5) is 4.29. The number of hydrogen-bond acceptors (Lipinski definition) is 3. The van der Waals surface area contributed by atoms with Crippen molar-refractivity contribution in [2.75, 3.05) is 7.11 Å². The molecule has 2 unspecified atom stereocenters. The zero-order valence-corrected chi connectivity index (χ0v) is 12.5. The molecule has 0 bridgehead atoms. The fourth-order valence-electron chi connectivity index (χ4n) is 1.95. The van der Waals surface area contributed by atoms with Gasteiger partial charge in [-0.25, -0.2) is 0 Å². The highest BCUT2D eigenvalue weighted by Crippen LogP contribution is 2.35. The second-order valence-electron chi connectivity index (χ2n) is 4.38. The van der Waals surface area contributed by atoms with E-state index in [9.17, 15) is 5.11 Å². The van der Waals surface area contributed by atoms with Crippen molar-refractivity contribution in [1.82, 2.24) is 4.98 Å². The monoisotopic (exact) mass is 321 g/mol. The van der Waals surface area contributed by atoms with Gasteiger partial charge in [0.1, 0.15) is 5.75 Å².